The van der Waals surface area contributed by atoms with Gasteiger partial charge in [-0.3, -0.25) is 0 Å². The van der Waals surface area contributed by atoms with E-state index < -0.39 is 0 Å². The maximum Gasteiger partial charge on any atom is 0.137 e. The number of hydrogen-bond donors (Lipinski definition) is 1. The Morgan fingerprint density at radius 2 is 2.05 bits per heavy atom. The molecule has 0 amide bonds. The average Bonchev–Trinajstić information content (AvgIpc) is 2.42. The molecule has 2 unspecified atom stereocenters. The fourth-order valence-corrected chi connectivity index (χ4v) is 3.01. The van der Waals surface area contributed by atoms with E-state index in [1.165, 1.54) is 31.2 Å². The molecule has 0 aliphatic heterocycles. The van der Waals surface area contributed by atoms with E-state index in [1.807, 2.05) is 19.2 Å². The number of halogens is 2. The van der Waals surface area contributed by atoms with Crippen molar-refractivity contribution in [2.45, 2.75) is 52.0 Å². The second-order valence-corrected chi connectivity index (χ2v) is 6.01. The normalized spacial score (nSPS) is 14.4. The van der Waals surface area contributed by atoms with E-state index in [0.29, 0.717) is 16.4 Å². The lowest BCUT2D eigenvalue weighted by Crippen LogP contribution is -2.35. The maximum atomic E-state index is 13.2. The zero-order valence-corrected chi connectivity index (χ0v) is 13.8. The van der Waals surface area contributed by atoms with Gasteiger partial charge in [-0.05, 0) is 59.4 Å². The van der Waals surface area contributed by atoms with Crippen LogP contribution in [0.3, 0.4) is 0 Å². The first-order valence-electron chi connectivity index (χ1n) is 7.23. The SMILES string of the molecule is CCCCC(CC)C(Cc1ccc(F)c(Br)c1)NC. The van der Waals surface area contributed by atoms with Crippen LogP contribution in [-0.2, 0) is 6.42 Å². The van der Waals surface area contributed by atoms with Gasteiger partial charge >= 0.3 is 0 Å². The zero-order chi connectivity index (χ0) is 14.3. The van der Waals surface area contributed by atoms with Gasteiger partial charge in [0.15, 0.2) is 0 Å². The molecule has 0 radical (unpaired) electrons. The van der Waals surface area contributed by atoms with Crippen LogP contribution in [0.15, 0.2) is 22.7 Å². The molecule has 1 aromatic rings. The van der Waals surface area contributed by atoms with Crippen molar-refractivity contribution >= 4 is 15.9 Å². The minimum atomic E-state index is -0.192. The van der Waals surface area contributed by atoms with Crippen molar-refractivity contribution in [1.82, 2.24) is 5.32 Å². The van der Waals surface area contributed by atoms with Crippen LogP contribution in [0.5, 0.6) is 0 Å². The summed E-state index contributed by atoms with van der Waals surface area (Å²) < 4.78 is 13.8. The quantitative estimate of drug-likeness (QED) is 0.712. The molecule has 0 saturated heterocycles. The fraction of sp³-hybridized carbons (Fsp3) is 0.625. The van der Waals surface area contributed by atoms with E-state index >= 15 is 0 Å². The second kappa shape index (κ2) is 8.70. The molecule has 0 fully saturated rings. The summed E-state index contributed by atoms with van der Waals surface area (Å²) in [5.74, 6) is 0.497. The lowest BCUT2D eigenvalue weighted by molar-refractivity contribution is 0.330. The van der Waals surface area contributed by atoms with Crippen LogP contribution < -0.4 is 5.32 Å². The van der Waals surface area contributed by atoms with E-state index in [1.54, 1.807) is 6.07 Å². The smallest absolute Gasteiger partial charge is 0.137 e. The highest BCUT2D eigenvalue weighted by atomic mass is 79.9. The third-order valence-electron chi connectivity index (χ3n) is 3.83. The summed E-state index contributed by atoms with van der Waals surface area (Å²) in [6.45, 7) is 4.49. The average molecular weight is 330 g/mol. The van der Waals surface area contributed by atoms with Gasteiger partial charge < -0.3 is 5.32 Å². The molecule has 108 valence electrons. The summed E-state index contributed by atoms with van der Waals surface area (Å²) in [4.78, 5) is 0. The maximum absolute atomic E-state index is 13.2. The van der Waals surface area contributed by atoms with Gasteiger partial charge in [0.1, 0.15) is 5.82 Å². The molecule has 0 heterocycles. The van der Waals surface area contributed by atoms with Gasteiger partial charge in [-0.2, -0.15) is 0 Å². The third-order valence-corrected chi connectivity index (χ3v) is 4.44. The number of unbranched alkanes of at least 4 members (excludes halogenated alkanes) is 1. The summed E-state index contributed by atoms with van der Waals surface area (Å²) in [6.07, 6.45) is 5.94. The lowest BCUT2D eigenvalue weighted by atomic mass is 9.87. The first-order valence-corrected chi connectivity index (χ1v) is 8.02. The molecule has 19 heavy (non-hydrogen) atoms. The van der Waals surface area contributed by atoms with Crippen molar-refractivity contribution in [3.05, 3.63) is 34.1 Å². The number of benzene rings is 1. The Kier molecular flexibility index (Phi) is 7.62. The van der Waals surface area contributed by atoms with Crippen molar-refractivity contribution in [3.63, 3.8) is 0 Å². The van der Waals surface area contributed by atoms with E-state index in [4.69, 9.17) is 0 Å². The Morgan fingerprint density at radius 1 is 1.32 bits per heavy atom. The van der Waals surface area contributed by atoms with Crippen molar-refractivity contribution in [2.75, 3.05) is 7.05 Å². The Hall–Kier alpha value is -0.410. The molecule has 0 spiro atoms. The van der Waals surface area contributed by atoms with Gasteiger partial charge in [0.25, 0.3) is 0 Å². The van der Waals surface area contributed by atoms with Crippen LogP contribution in [0, 0.1) is 11.7 Å². The molecule has 0 saturated carbocycles. The molecule has 0 aromatic heterocycles. The largest absolute Gasteiger partial charge is 0.316 e. The lowest BCUT2D eigenvalue weighted by Gasteiger charge is -2.26. The molecular weight excluding hydrogens is 305 g/mol. The summed E-state index contributed by atoms with van der Waals surface area (Å²) in [7, 11) is 2.03. The minimum Gasteiger partial charge on any atom is -0.316 e. The highest BCUT2D eigenvalue weighted by molar-refractivity contribution is 9.10. The van der Waals surface area contributed by atoms with Gasteiger partial charge in [-0.15, -0.1) is 0 Å². The summed E-state index contributed by atoms with van der Waals surface area (Å²) in [5, 5.41) is 3.44. The minimum absolute atomic E-state index is 0.192. The van der Waals surface area contributed by atoms with Gasteiger partial charge in [-0.25, -0.2) is 4.39 Å². The molecule has 1 aromatic carbocycles. The van der Waals surface area contributed by atoms with Gasteiger partial charge in [-0.1, -0.05) is 39.2 Å². The molecule has 2 atom stereocenters. The van der Waals surface area contributed by atoms with Gasteiger partial charge in [0, 0.05) is 6.04 Å². The van der Waals surface area contributed by atoms with Crippen molar-refractivity contribution in [1.29, 1.82) is 0 Å². The van der Waals surface area contributed by atoms with Crippen molar-refractivity contribution in [2.24, 2.45) is 5.92 Å². The third kappa shape index (κ3) is 5.23. The summed E-state index contributed by atoms with van der Waals surface area (Å²) in [5.41, 5.74) is 1.18. The van der Waals surface area contributed by atoms with Crippen LogP contribution in [-0.4, -0.2) is 13.1 Å². The molecule has 1 N–H and O–H groups in total. The standard InChI is InChI=1S/C16H25BrFN/c1-4-6-7-13(5-2)16(19-3)11-12-8-9-15(18)14(17)10-12/h8-10,13,16,19H,4-7,11H2,1-3H3. The Labute approximate surface area is 125 Å². The molecule has 0 aliphatic rings. The first-order chi connectivity index (χ1) is 9.12. The fourth-order valence-electron chi connectivity index (χ4n) is 2.58. The zero-order valence-electron chi connectivity index (χ0n) is 12.2. The van der Waals surface area contributed by atoms with E-state index in [9.17, 15) is 4.39 Å². The van der Waals surface area contributed by atoms with Crippen LogP contribution in [0.25, 0.3) is 0 Å². The Balaban J connectivity index is 2.70. The molecule has 1 rings (SSSR count). The van der Waals surface area contributed by atoms with Crippen LogP contribution in [0.1, 0.15) is 45.1 Å². The van der Waals surface area contributed by atoms with E-state index in [0.717, 1.165) is 6.42 Å². The van der Waals surface area contributed by atoms with Crippen LogP contribution in [0.2, 0.25) is 0 Å². The van der Waals surface area contributed by atoms with Crippen LogP contribution in [0.4, 0.5) is 4.39 Å². The molecule has 3 heteroatoms. The molecule has 1 nitrogen and oxygen atoms in total. The molecule has 0 bridgehead atoms. The summed E-state index contributed by atoms with van der Waals surface area (Å²) >= 11 is 3.26. The van der Waals surface area contributed by atoms with E-state index in [2.05, 4.69) is 35.1 Å². The monoisotopic (exact) mass is 329 g/mol. The van der Waals surface area contributed by atoms with Crippen molar-refractivity contribution in [3.8, 4) is 0 Å². The highest BCUT2D eigenvalue weighted by Gasteiger charge is 2.18. The molecule has 0 aliphatic carbocycles. The summed E-state index contributed by atoms with van der Waals surface area (Å²) in [6, 6.07) is 5.79. The van der Waals surface area contributed by atoms with E-state index in [-0.39, 0.29) is 5.82 Å². The van der Waals surface area contributed by atoms with Crippen LogP contribution >= 0.6 is 15.9 Å². The number of rotatable bonds is 8. The topological polar surface area (TPSA) is 12.0 Å². The predicted molar refractivity (Wildman–Crippen MR) is 84.0 cm³/mol. The Bertz CT molecular complexity index is 381. The van der Waals surface area contributed by atoms with Gasteiger partial charge in [0.05, 0.1) is 4.47 Å². The molecular formula is C16H25BrFN. The van der Waals surface area contributed by atoms with Crippen molar-refractivity contribution < 1.29 is 4.39 Å². The predicted octanol–water partition coefficient (Wildman–Crippen LogP) is 4.94. The first kappa shape index (κ1) is 16.6. The second-order valence-electron chi connectivity index (χ2n) is 5.16. The number of likely N-dealkylation sites (N-methyl/N-ethyl adjacent to an activating group) is 1. The number of hydrogen-bond acceptors (Lipinski definition) is 1. The Morgan fingerprint density at radius 3 is 2.58 bits per heavy atom. The van der Waals surface area contributed by atoms with Gasteiger partial charge in [0.2, 0.25) is 0 Å². The number of nitrogens with one attached hydrogen (secondary N) is 1. The highest BCUT2D eigenvalue weighted by Crippen LogP contribution is 2.22.